The monoisotopic (exact) mass is 412 g/mol. The van der Waals surface area contributed by atoms with E-state index in [1.807, 2.05) is 11.8 Å². The van der Waals surface area contributed by atoms with Crippen LogP contribution in [-0.4, -0.2) is 61.4 Å². The van der Waals surface area contributed by atoms with Crippen LogP contribution in [0.15, 0.2) is 33.7 Å². The molecular formula is C17H21ClN4O4S. The van der Waals surface area contributed by atoms with Gasteiger partial charge in [0, 0.05) is 32.2 Å². The second-order valence-corrected chi connectivity index (χ2v) is 8.80. The van der Waals surface area contributed by atoms with Gasteiger partial charge in [0.25, 0.3) is 0 Å². The van der Waals surface area contributed by atoms with Crippen LogP contribution in [0.4, 0.5) is 5.82 Å². The highest BCUT2D eigenvalue weighted by Gasteiger charge is 2.30. The molecule has 27 heavy (non-hydrogen) atoms. The number of hydrogen-bond acceptors (Lipinski definition) is 6. The molecule has 0 aliphatic carbocycles. The van der Waals surface area contributed by atoms with Crippen LogP contribution < -0.4 is 5.32 Å². The Morgan fingerprint density at radius 1 is 1.22 bits per heavy atom. The van der Waals surface area contributed by atoms with Gasteiger partial charge in [-0.05, 0) is 31.5 Å². The van der Waals surface area contributed by atoms with Gasteiger partial charge in [0.15, 0.2) is 5.82 Å². The normalized spacial score (nSPS) is 16.4. The molecule has 0 unspecified atom stereocenters. The molecule has 1 aromatic carbocycles. The Morgan fingerprint density at radius 2 is 1.93 bits per heavy atom. The molecule has 146 valence electrons. The molecule has 0 radical (unpaired) electrons. The zero-order valence-electron chi connectivity index (χ0n) is 15.1. The van der Waals surface area contributed by atoms with Gasteiger partial charge >= 0.3 is 0 Å². The third-order valence-corrected chi connectivity index (χ3v) is 6.68. The first-order chi connectivity index (χ1) is 12.8. The van der Waals surface area contributed by atoms with Gasteiger partial charge in [-0.2, -0.15) is 4.31 Å². The largest absolute Gasteiger partial charge is 0.360 e. The van der Waals surface area contributed by atoms with Gasteiger partial charge in [0.1, 0.15) is 10.7 Å². The number of aromatic nitrogens is 1. The van der Waals surface area contributed by atoms with Crippen molar-refractivity contribution < 1.29 is 17.7 Å². The molecule has 1 aromatic heterocycles. The topological polar surface area (TPSA) is 95.8 Å². The standard InChI is InChI=1S/C17H21ClN4O4S/c1-12-3-4-15(14(18)9-12)27(24,25)22-7-5-21(6-8-22)11-17(23)19-16-10-13(2)26-20-16/h3-4,9-10H,5-8,11H2,1-2H3,(H,19,20,23). The fourth-order valence-electron chi connectivity index (χ4n) is 2.89. The van der Waals surface area contributed by atoms with Crippen molar-refractivity contribution in [3.63, 3.8) is 0 Å². The maximum atomic E-state index is 12.8. The third kappa shape index (κ3) is 4.67. The molecule has 1 fully saturated rings. The Kier molecular flexibility index (Phi) is 5.85. The molecule has 8 nitrogen and oxygen atoms in total. The summed E-state index contributed by atoms with van der Waals surface area (Å²) < 4.78 is 31.9. The van der Waals surface area contributed by atoms with Gasteiger partial charge in [0.05, 0.1) is 11.6 Å². The van der Waals surface area contributed by atoms with E-state index in [1.54, 1.807) is 25.1 Å². The Hall–Kier alpha value is -1.94. The number of hydrogen-bond donors (Lipinski definition) is 1. The van der Waals surface area contributed by atoms with Crippen molar-refractivity contribution in [2.24, 2.45) is 0 Å². The summed E-state index contributed by atoms with van der Waals surface area (Å²) in [6.45, 7) is 5.24. The molecule has 0 atom stereocenters. The van der Waals surface area contributed by atoms with Crippen molar-refractivity contribution in [2.45, 2.75) is 18.7 Å². The number of nitrogens with zero attached hydrogens (tertiary/aromatic N) is 3. The molecule has 10 heteroatoms. The molecule has 0 bridgehead atoms. The Bertz CT molecular complexity index is 936. The lowest BCUT2D eigenvalue weighted by atomic mass is 10.2. The summed E-state index contributed by atoms with van der Waals surface area (Å²) in [5, 5.41) is 6.59. The van der Waals surface area contributed by atoms with Crippen LogP contribution in [0.1, 0.15) is 11.3 Å². The first kappa shape index (κ1) is 19.8. The van der Waals surface area contributed by atoms with Crippen LogP contribution in [0.25, 0.3) is 0 Å². The Morgan fingerprint density at radius 3 is 2.52 bits per heavy atom. The number of rotatable bonds is 5. The summed E-state index contributed by atoms with van der Waals surface area (Å²) >= 11 is 6.13. The summed E-state index contributed by atoms with van der Waals surface area (Å²) in [5.74, 6) is 0.757. The molecule has 0 spiro atoms. The molecule has 1 amide bonds. The number of benzene rings is 1. The Labute approximate surface area is 163 Å². The minimum atomic E-state index is -3.66. The summed E-state index contributed by atoms with van der Waals surface area (Å²) in [6.07, 6.45) is 0. The number of aryl methyl sites for hydroxylation is 2. The third-order valence-electron chi connectivity index (χ3n) is 4.30. The average molecular weight is 413 g/mol. The van der Waals surface area contributed by atoms with E-state index in [0.29, 0.717) is 37.8 Å². The van der Waals surface area contributed by atoms with Gasteiger partial charge in [-0.1, -0.05) is 22.8 Å². The zero-order chi connectivity index (χ0) is 19.6. The van der Waals surface area contributed by atoms with Crippen LogP contribution in [-0.2, 0) is 14.8 Å². The van der Waals surface area contributed by atoms with Crippen molar-refractivity contribution in [1.29, 1.82) is 0 Å². The maximum absolute atomic E-state index is 12.8. The molecule has 1 aliphatic heterocycles. The average Bonchev–Trinajstić information content (AvgIpc) is 2.99. The number of halogens is 1. The second kappa shape index (κ2) is 7.97. The molecule has 2 heterocycles. The number of amides is 1. The molecular weight excluding hydrogens is 392 g/mol. The van der Waals surface area contributed by atoms with E-state index in [0.717, 1.165) is 5.56 Å². The van der Waals surface area contributed by atoms with Crippen LogP contribution in [0.3, 0.4) is 0 Å². The van der Waals surface area contributed by atoms with Gasteiger partial charge in [-0.15, -0.1) is 0 Å². The highest BCUT2D eigenvalue weighted by Crippen LogP contribution is 2.26. The van der Waals surface area contributed by atoms with E-state index in [-0.39, 0.29) is 22.4 Å². The van der Waals surface area contributed by atoms with Gasteiger partial charge in [0.2, 0.25) is 15.9 Å². The summed E-state index contributed by atoms with van der Waals surface area (Å²) in [6, 6.07) is 6.53. The molecule has 3 rings (SSSR count). The fraction of sp³-hybridized carbons (Fsp3) is 0.412. The lowest BCUT2D eigenvalue weighted by molar-refractivity contribution is -0.117. The first-order valence-corrected chi connectivity index (χ1v) is 10.3. The fourth-order valence-corrected chi connectivity index (χ4v) is 4.89. The van der Waals surface area contributed by atoms with Gasteiger partial charge in [-0.3, -0.25) is 9.69 Å². The van der Waals surface area contributed by atoms with E-state index >= 15 is 0 Å². The van der Waals surface area contributed by atoms with E-state index in [1.165, 1.54) is 10.4 Å². The molecule has 1 N–H and O–H groups in total. The van der Waals surface area contributed by atoms with E-state index in [9.17, 15) is 13.2 Å². The van der Waals surface area contributed by atoms with Crippen molar-refractivity contribution in [1.82, 2.24) is 14.4 Å². The predicted octanol–water partition coefficient (Wildman–Crippen LogP) is 1.89. The van der Waals surface area contributed by atoms with Crippen molar-refractivity contribution in [3.8, 4) is 0 Å². The SMILES string of the molecule is Cc1ccc(S(=O)(=O)N2CCN(CC(=O)Nc3cc(C)on3)CC2)c(Cl)c1. The molecule has 1 saturated heterocycles. The minimum Gasteiger partial charge on any atom is -0.360 e. The van der Waals surface area contributed by atoms with Gasteiger partial charge in [-0.25, -0.2) is 8.42 Å². The lowest BCUT2D eigenvalue weighted by Crippen LogP contribution is -2.50. The first-order valence-electron chi connectivity index (χ1n) is 8.47. The quantitative estimate of drug-likeness (QED) is 0.805. The number of carbonyl (C=O) groups excluding carboxylic acids is 1. The van der Waals surface area contributed by atoms with Crippen LogP contribution in [0.2, 0.25) is 5.02 Å². The summed E-state index contributed by atoms with van der Waals surface area (Å²) in [4.78, 5) is 14.1. The lowest BCUT2D eigenvalue weighted by Gasteiger charge is -2.33. The molecule has 1 aliphatic rings. The predicted molar refractivity (Wildman–Crippen MR) is 101 cm³/mol. The number of anilines is 1. The highest BCUT2D eigenvalue weighted by molar-refractivity contribution is 7.89. The number of sulfonamides is 1. The van der Waals surface area contributed by atoms with Crippen molar-refractivity contribution in [2.75, 3.05) is 38.0 Å². The van der Waals surface area contributed by atoms with Crippen LogP contribution in [0, 0.1) is 13.8 Å². The van der Waals surface area contributed by atoms with Crippen LogP contribution in [0.5, 0.6) is 0 Å². The number of nitrogens with one attached hydrogen (secondary N) is 1. The maximum Gasteiger partial charge on any atom is 0.244 e. The van der Waals surface area contributed by atoms with Crippen molar-refractivity contribution in [3.05, 3.63) is 40.6 Å². The Balaban J connectivity index is 1.57. The second-order valence-electron chi connectivity index (χ2n) is 6.49. The van der Waals surface area contributed by atoms with Gasteiger partial charge < -0.3 is 9.84 Å². The number of carbonyl (C=O) groups is 1. The molecule has 2 aromatic rings. The number of piperazine rings is 1. The summed E-state index contributed by atoms with van der Waals surface area (Å²) in [5.41, 5.74) is 0.900. The zero-order valence-corrected chi connectivity index (χ0v) is 16.7. The van der Waals surface area contributed by atoms with Crippen molar-refractivity contribution >= 4 is 33.3 Å². The highest BCUT2D eigenvalue weighted by atomic mass is 35.5. The van der Waals surface area contributed by atoms with E-state index in [2.05, 4.69) is 10.5 Å². The van der Waals surface area contributed by atoms with E-state index in [4.69, 9.17) is 16.1 Å². The smallest absolute Gasteiger partial charge is 0.244 e. The van der Waals surface area contributed by atoms with E-state index < -0.39 is 10.0 Å². The molecule has 0 saturated carbocycles. The summed E-state index contributed by atoms with van der Waals surface area (Å²) in [7, 11) is -3.66. The van der Waals surface area contributed by atoms with Crippen LogP contribution >= 0.6 is 11.6 Å². The minimum absolute atomic E-state index is 0.113.